The molecule has 0 radical (unpaired) electrons. The van der Waals surface area contributed by atoms with Gasteiger partial charge in [-0.2, -0.15) is 0 Å². The number of halogens is 1. The van der Waals surface area contributed by atoms with Crippen molar-refractivity contribution in [3.05, 3.63) is 69.1 Å². The van der Waals surface area contributed by atoms with Gasteiger partial charge in [0.2, 0.25) is 0 Å². The summed E-state index contributed by atoms with van der Waals surface area (Å²) in [6.07, 6.45) is 2.79. The Labute approximate surface area is 158 Å². The highest BCUT2D eigenvalue weighted by Crippen LogP contribution is 2.16. The Hall–Kier alpha value is -3.13. The van der Waals surface area contributed by atoms with E-state index in [1.165, 1.54) is 21.5 Å². The van der Waals surface area contributed by atoms with E-state index >= 15 is 0 Å². The average molecular weight is 389 g/mol. The number of allylic oxidation sites excluding steroid dienone is 1. The Balaban J connectivity index is 2.31. The molecule has 0 bridgehead atoms. The summed E-state index contributed by atoms with van der Waals surface area (Å²) in [7, 11) is 0. The van der Waals surface area contributed by atoms with Crippen LogP contribution in [0.15, 0.2) is 52.8 Å². The molecule has 0 aliphatic carbocycles. The molecular formula is C18H17ClN4O4. The van der Waals surface area contributed by atoms with E-state index in [2.05, 4.69) is 11.6 Å². The van der Waals surface area contributed by atoms with Gasteiger partial charge in [0.1, 0.15) is 6.54 Å². The molecule has 0 spiro atoms. The lowest BCUT2D eigenvalue weighted by molar-refractivity contribution is -0.143. The second-order valence-corrected chi connectivity index (χ2v) is 6.08. The first-order valence-electron chi connectivity index (χ1n) is 8.21. The largest absolute Gasteiger partial charge is 0.465 e. The van der Waals surface area contributed by atoms with Gasteiger partial charge in [-0.15, -0.1) is 6.58 Å². The van der Waals surface area contributed by atoms with Crippen LogP contribution in [0, 0.1) is 0 Å². The maximum absolute atomic E-state index is 12.9. The molecule has 1 aromatic carbocycles. The number of nitrogens with zero attached hydrogens (tertiary/aromatic N) is 4. The van der Waals surface area contributed by atoms with Crippen LogP contribution < -0.4 is 11.2 Å². The number of hydrogen-bond acceptors (Lipinski definition) is 5. The van der Waals surface area contributed by atoms with Crippen LogP contribution in [0.1, 0.15) is 6.92 Å². The van der Waals surface area contributed by atoms with E-state index in [4.69, 9.17) is 16.3 Å². The first-order valence-corrected chi connectivity index (χ1v) is 8.58. The van der Waals surface area contributed by atoms with Crippen LogP contribution in [0.2, 0.25) is 5.02 Å². The summed E-state index contributed by atoms with van der Waals surface area (Å²) in [6, 6.07) is 6.56. The Morgan fingerprint density at radius 1 is 1.30 bits per heavy atom. The van der Waals surface area contributed by atoms with Crippen molar-refractivity contribution in [1.29, 1.82) is 0 Å². The van der Waals surface area contributed by atoms with Gasteiger partial charge in [-0.25, -0.2) is 14.3 Å². The number of fused-ring (bicyclic) bond motifs is 1. The van der Waals surface area contributed by atoms with Gasteiger partial charge in [0.25, 0.3) is 5.56 Å². The number of ether oxygens (including phenoxy) is 1. The second-order valence-electron chi connectivity index (χ2n) is 5.65. The summed E-state index contributed by atoms with van der Waals surface area (Å²) >= 11 is 5.93. The van der Waals surface area contributed by atoms with Gasteiger partial charge < -0.3 is 9.30 Å². The molecule has 0 atom stereocenters. The molecule has 2 heterocycles. The van der Waals surface area contributed by atoms with Crippen LogP contribution in [0.3, 0.4) is 0 Å². The molecule has 0 aliphatic rings. The van der Waals surface area contributed by atoms with Gasteiger partial charge in [0.15, 0.2) is 11.2 Å². The number of esters is 1. The number of rotatable bonds is 6. The fraction of sp³-hybridized carbons (Fsp3) is 0.222. The molecule has 9 heteroatoms. The molecule has 0 saturated carbocycles. The smallest absolute Gasteiger partial charge is 0.337 e. The molecule has 27 heavy (non-hydrogen) atoms. The van der Waals surface area contributed by atoms with Crippen molar-refractivity contribution in [2.75, 3.05) is 6.61 Å². The normalized spacial score (nSPS) is 10.9. The first-order chi connectivity index (χ1) is 13.0. The minimum Gasteiger partial charge on any atom is -0.465 e. The zero-order valence-electron chi connectivity index (χ0n) is 14.6. The molecule has 3 aromatic rings. The van der Waals surface area contributed by atoms with Crippen LogP contribution >= 0.6 is 11.6 Å². The Morgan fingerprint density at radius 3 is 2.63 bits per heavy atom. The van der Waals surface area contributed by atoms with Crippen LogP contribution in [0.25, 0.3) is 16.9 Å². The number of aromatic nitrogens is 4. The van der Waals surface area contributed by atoms with Crippen LogP contribution in [-0.4, -0.2) is 31.3 Å². The van der Waals surface area contributed by atoms with E-state index in [0.717, 1.165) is 4.57 Å². The molecule has 3 rings (SSSR count). The minimum absolute atomic E-state index is 0.0196. The Kier molecular flexibility index (Phi) is 5.27. The van der Waals surface area contributed by atoms with Crippen molar-refractivity contribution in [2.24, 2.45) is 0 Å². The maximum atomic E-state index is 12.9. The monoisotopic (exact) mass is 388 g/mol. The third-order valence-corrected chi connectivity index (χ3v) is 4.15. The predicted molar refractivity (Wildman–Crippen MR) is 101 cm³/mol. The summed E-state index contributed by atoms with van der Waals surface area (Å²) < 4.78 is 8.65. The summed E-state index contributed by atoms with van der Waals surface area (Å²) in [5.41, 5.74) is -0.344. The predicted octanol–water partition coefficient (Wildman–Crippen LogP) is 1.75. The number of carbonyl (C=O) groups is 1. The van der Waals surface area contributed by atoms with E-state index in [1.54, 1.807) is 31.2 Å². The van der Waals surface area contributed by atoms with Gasteiger partial charge in [-0.1, -0.05) is 17.7 Å². The third-order valence-electron chi connectivity index (χ3n) is 3.90. The average Bonchev–Trinajstić information content (AvgIpc) is 3.04. The first kappa shape index (κ1) is 18.7. The molecule has 0 fully saturated rings. The molecule has 8 nitrogen and oxygen atoms in total. The van der Waals surface area contributed by atoms with Crippen LogP contribution in [0.4, 0.5) is 0 Å². The lowest BCUT2D eigenvalue weighted by atomic mass is 10.3. The van der Waals surface area contributed by atoms with Crippen molar-refractivity contribution < 1.29 is 9.53 Å². The number of hydrogen-bond donors (Lipinski definition) is 0. The zero-order valence-corrected chi connectivity index (χ0v) is 15.3. The SMILES string of the molecule is C=CCn1c(=O)c2c(ncn2CC(=O)OCC)n(-c2ccc(Cl)cc2)c1=O. The fourth-order valence-corrected chi connectivity index (χ4v) is 2.88. The maximum Gasteiger partial charge on any atom is 0.337 e. The fourth-order valence-electron chi connectivity index (χ4n) is 2.76. The summed E-state index contributed by atoms with van der Waals surface area (Å²) in [5.74, 6) is -0.504. The van der Waals surface area contributed by atoms with E-state index in [0.29, 0.717) is 10.7 Å². The van der Waals surface area contributed by atoms with Crippen molar-refractivity contribution in [3.8, 4) is 5.69 Å². The quantitative estimate of drug-likeness (QED) is 0.474. The molecule has 0 saturated heterocycles. The Bertz CT molecular complexity index is 1130. The van der Waals surface area contributed by atoms with Crippen molar-refractivity contribution in [2.45, 2.75) is 20.0 Å². The molecule has 2 aromatic heterocycles. The highest BCUT2D eigenvalue weighted by Gasteiger charge is 2.20. The van der Waals surface area contributed by atoms with Crippen molar-refractivity contribution in [3.63, 3.8) is 0 Å². The highest BCUT2D eigenvalue weighted by atomic mass is 35.5. The number of benzene rings is 1. The minimum atomic E-state index is -0.559. The van der Waals surface area contributed by atoms with Gasteiger partial charge in [-0.05, 0) is 31.2 Å². The molecule has 0 amide bonds. The molecule has 0 N–H and O–H groups in total. The molecular weight excluding hydrogens is 372 g/mol. The van der Waals surface area contributed by atoms with Gasteiger partial charge >= 0.3 is 11.7 Å². The zero-order chi connectivity index (χ0) is 19.6. The van der Waals surface area contributed by atoms with E-state index < -0.39 is 17.2 Å². The standard InChI is InChI=1S/C18H17ClN4O4/c1-3-9-22-17(25)15-16(20-11-21(15)10-14(24)27-4-2)23(18(22)26)13-7-5-12(19)6-8-13/h3,5-8,11H,1,4,9-10H2,2H3. The summed E-state index contributed by atoms with van der Waals surface area (Å²) in [4.78, 5) is 41.8. The Morgan fingerprint density at radius 2 is 2.00 bits per heavy atom. The van der Waals surface area contributed by atoms with Crippen molar-refractivity contribution in [1.82, 2.24) is 18.7 Å². The topological polar surface area (TPSA) is 88.1 Å². The lowest BCUT2D eigenvalue weighted by Gasteiger charge is -2.11. The molecule has 0 unspecified atom stereocenters. The van der Waals surface area contributed by atoms with E-state index in [9.17, 15) is 14.4 Å². The summed E-state index contributed by atoms with van der Waals surface area (Å²) in [5, 5.41) is 0.510. The number of carbonyl (C=O) groups excluding carboxylic acids is 1. The van der Waals surface area contributed by atoms with Crippen molar-refractivity contribution >= 4 is 28.7 Å². The van der Waals surface area contributed by atoms with Crippen LogP contribution in [0.5, 0.6) is 0 Å². The third kappa shape index (κ3) is 3.43. The summed E-state index contributed by atoms with van der Waals surface area (Å²) in [6.45, 7) is 5.34. The lowest BCUT2D eigenvalue weighted by Crippen LogP contribution is -2.40. The molecule has 140 valence electrons. The highest BCUT2D eigenvalue weighted by molar-refractivity contribution is 6.30. The van der Waals surface area contributed by atoms with E-state index in [1.807, 2.05) is 0 Å². The van der Waals surface area contributed by atoms with Gasteiger partial charge in [-0.3, -0.25) is 14.2 Å². The van der Waals surface area contributed by atoms with Crippen LogP contribution in [-0.2, 0) is 22.6 Å². The molecule has 0 aliphatic heterocycles. The van der Waals surface area contributed by atoms with Gasteiger partial charge in [0, 0.05) is 11.6 Å². The van der Waals surface area contributed by atoms with Gasteiger partial charge in [0.05, 0.1) is 18.6 Å². The van der Waals surface area contributed by atoms with E-state index in [-0.39, 0.29) is 30.9 Å². The number of imidazole rings is 1. The second kappa shape index (κ2) is 7.63.